The van der Waals surface area contributed by atoms with E-state index in [2.05, 4.69) is 6.92 Å². The number of carbonyl (C=O) groups is 2. The molecule has 0 amide bonds. The standard InChI is InChI=1S/C25H36O7/c1-15(26)32-14-23-8-3-17(27)12-24(23,29)9-5-20-19(23)4-7-22(2)18(6-10-25(20,22)30)16-11-21(28)31-13-16/h11,17-20,27,29-30H,3-10,12-14H2,1-2H3. The second kappa shape index (κ2) is 7.28. The normalized spacial score (nSPS) is 50.0. The summed E-state index contributed by atoms with van der Waals surface area (Å²) < 4.78 is 10.7. The van der Waals surface area contributed by atoms with Crippen molar-refractivity contribution in [2.75, 3.05) is 13.2 Å². The van der Waals surface area contributed by atoms with E-state index >= 15 is 0 Å². The van der Waals surface area contributed by atoms with E-state index in [1.807, 2.05) is 0 Å². The third-order valence-electron chi connectivity index (χ3n) is 10.3. The molecule has 0 saturated heterocycles. The van der Waals surface area contributed by atoms with Crippen LogP contribution in [0.4, 0.5) is 0 Å². The van der Waals surface area contributed by atoms with Crippen molar-refractivity contribution in [2.45, 2.75) is 88.9 Å². The quantitative estimate of drug-likeness (QED) is 0.568. The summed E-state index contributed by atoms with van der Waals surface area (Å²) in [5, 5.41) is 34.5. The lowest BCUT2D eigenvalue weighted by Crippen LogP contribution is -2.69. The number of esters is 2. The Balaban J connectivity index is 1.51. The summed E-state index contributed by atoms with van der Waals surface area (Å²) in [4.78, 5) is 23.5. The Morgan fingerprint density at radius 3 is 2.56 bits per heavy atom. The predicted molar refractivity (Wildman–Crippen MR) is 114 cm³/mol. The minimum Gasteiger partial charge on any atom is -0.465 e. The van der Waals surface area contributed by atoms with Crippen molar-refractivity contribution in [3.8, 4) is 0 Å². The molecule has 4 saturated carbocycles. The minimum absolute atomic E-state index is 0.0142. The number of cyclic esters (lactones) is 1. The van der Waals surface area contributed by atoms with E-state index in [1.165, 1.54) is 6.92 Å². The molecule has 3 N–H and O–H groups in total. The van der Waals surface area contributed by atoms with E-state index in [4.69, 9.17) is 9.47 Å². The Morgan fingerprint density at radius 1 is 1.12 bits per heavy atom. The third kappa shape index (κ3) is 2.90. The lowest BCUT2D eigenvalue weighted by Gasteiger charge is -2.66. The molecule has 8 atom stereocenters. The molecule has 0 bridgehead atoms. The molecule has 0 spiro atoms. The van der Waals surface area contributed by atoms with Crippen molar-refractivity contribution in [1.82, 2.24) is 0 Å². The number of hydrogen-bond donors (Lipinski definition) is 3. The number of carbonyl (C=O) groups excluding carboxylic acids is 2. The maximum absolute atomic E-state index is 12.3. The molecular formula is C25H36O7. The summed E-state index contributed by atoms with van der Waals surface area (Å²) in [5.41, 5.74) is -2.03. The van der Waals surface area contributed by atoms with E-state index in [0.717, 1.165) is 24.8 Å². The van der Waals surface area contributed by atoms with Crippen LogP contribution in [-0.2, 0) is 19.1 Å². The SMILES string of the molecule is CC(=O)OCC12CCC(O)CC1(O)CCC1C2CCC2(C)C(C3=CC(=O)OC3)CCC12O. The van der Waals surface area contributed by atoms with Crippen LogP contribution in [-0.4, -0.2) is 57.8 Å². The van der Waals surface area contributed by atoms with Crippen LogP contribution in [0.2, 0.25) is 0 Å². The Bertz CT molecular complexity index is 853. The number of hydrogen-bond acceptors (Lipinski definition) is 7. The van der Waals surface area contributed by atoms with Crippen molar-refractivity contribution in [3.05, 3.63) is 11.6 Å². The second-order valence-electron chi connectivity index (χ2n) is 11.4. The summed E-state index contributed by atoms with van der Waals surface area (Å²) >= 11 is 0. The summed E-state index contributed by atoms with van der Waals surface area (Å²) in [6.45, 7) is 4.00. The maximum atomic E-state index is 12.3. The van der Waals surface area contributed by atoms with Crippen LogP contribution < -0.4 is 0 Å². The first-order valence-corrected chi connectivity index (χ1v) is 12.2. The van der Waals surface area contributed by atoms with Gasteiger partial charge in [0, 0.05) is 30.3 Å². The molecule has 7 heteroatoms. The molecule has 4 aliphatic carbocycles. The zero-order valence-electron chi connectivity index (χ0n) is 19.1. The molecular weight excluding hydrogens is 412 g/mol. The molecule has 0 aromatic heterocycles. The molecule has 178 valence electrons. The summed E-state index contributed by atoms with van der Waals surface area (Å²) in [6.07, 6.45) is 6.75. The van der Waals surface area contributed by atoms with Crippen LogP contribution in [0.3, 0.4) is 0 Å². The van der Waals surface area contributed by atoms with Gasteiger partial charge in [0.1, 0.15) is 6.61 Å². The zero-order valence-corrected chi connectivity index (χ0v) is 19.1. The van der Waals surface area contributed by atoms with Crippen LogP contribution in [0.1, 0.15) is 71.6 Å². The zero-order chi connectivity index (χ0) is 22.9. The van der Waals surface area contributed by atoms with Gasteiger partial charge in [0.25, 0.3) is 0 Å². The highest BCUT2D eigenvalue weighted by atomic mass is 16.5. The monoisotopic (exact) mass is 448 g/mol. The van der Waals surface area contributed by atoms with Gasteiger partial charge in [0.15, 0.2) is 0 Å². The number of rotatable bonds is 3. The average Bonchev–Trinajstić information content (AvgIpc) is 3.26. The first-order chi connectivity index (χ1) is 15.0. The van der Waals surface area contributed by atoms with Gasteiger partial charge in [-0.15, -0.1) is 0 Å². The van der Waals surface area contributed by atoms with Gasteiger partial charge in [-0.2, -0.15) is 0 Å². The van der Waals surface area contributed by atoms with Gasteiger partial charge in [-0.05, 0) is 74.7 Å². The predicted octanol–water partition coefficient (Wildman–Crippen LogP) is 2.26. The molecule has 8 unspecified atom stereocenters. The van der Waals surface area contributed by atoms with Gasteiger partial charge in [-0.25, -0.2) is 4.79 Å². The Morgan fingerprint density at radius 2 is 1.88 bits per heavy atom. The third-order valence-corrected chi connectivity index (χ3v) is 10.3. The lowest BCUT2D eigenvalue weighted by atomic mass is 9.41. The molecule has 0 aromatic carbocycles. The fourth-order valence-electron chi connectivity index (χ4n) is 8.72. The Hall–Kier alpha value is -1.44. The van der Waals surface area contributed by atoms with Gasteiger partial charge < -0.3 is 24.8 Å². The van der Waals surface area contributed by atoms with E-state index in [9.17, 15) is 24.9 Å². The molecule has 0 radical (unpaired) electrons. The summed E-state index contributed by atoms with van der Waals surface area (Å²) in [6, 6.07) is 0. The topological polar surface area (TPSA) is 113 Å². The molecule has 4 fully saturated rings. The lowest BCUT2D eigenvalue weighted by molar-refractivity contribution is -0.270. The van der Waals surface area contributed by atoms with Gasteiger partial charge in [0.05, 0.1) is 23.9 Å². The van der Waals surface area contributed by atoms with Crippen LogP contribution in [0.15, 0.2) is 11.6 Å². The second-order valence-corrected chi connectivity index (χ2v) is 11.4. The van der Waals surface area contributed by atoms with E-state index in [-0.39, 0.29) is 41.7 Å². The van der Waals surface area contributed by atoms with Crippen molar-refractivity contribution in [2.24, 2.45) is 28.6 Å². The molecule has 1 heterocycles. The molecule has 0 aromatic rings. The van der Waals surface area contributed by atoms with Crippen molar-refractivity contribution < 1.29 is 34.4 Å². The van der Waals surface area contributed by atoms with Crippen LogP contribution in [0.5, 0.6) is 0 Å². The molecule has 5 rings (SSSR count). The molecule has 5 aliphatic rings. The maximum Gasteiger partial charge on any atom is 0.331 e. The number of ether oxygens (including phenoxy) is 2. The smallest absolute Gasteiger partial charge is 0.331 e. The van der Waals surface area contributed by atoms with Gasteiger partial charge in [-0.3, -0.25) is 4.79 Å². The van der Waals surface area contributed by atoms with Gasteiger partial charge in [0.2, 0.25) is 0 Å². The Labute approximate surface area is 189 Å². The summed E-state index contributed by atoms with van der Waals surface area (Å²) in [7, 11) is 0. The number of fused-ring (bicyclic) bond motifs is 5. The van der Waals surface area contributed by atoms with Crippen LogP contribution in [0, 0.1) is 28.6 Å². The van der Waals surface area contributed by atoms with Crippen molar-refractivity contribution >= 4 is 11.9 Å². The molecule has 32 heavy (non-hydrogen) atoms. The van der Waals surface area contributed by atoms with Crippen LogP contribution in [0.25, 0.3) is 0 Å². The Kier molecular flexibility index (Phi) is 5.08. The van der Waals surface area contributed by atoms with Gasteiger partial charge >= 0.3 is 11.9 Å². The number of aliphatic hydroxyl groups excluding tert-OH is 1. The fourth-order valence-corrected chi connectivity index (χ4v) is 8.72. The molecule has 7 nitrogen and oxygen atoms in total. The van der Waals surface area contributed by atoms with E-state index in [1.54, 1.807) is 6.08 Å². The fraction of sp³-hybridized carbons (Fsp3) is 0.840. The first kappa shape index (κ1) is 22.4. The van der Waals surface area contributed by atoms with Gasteiger partial charge in [-0.1, -0.05) is 6.92 Å². The van der Waals surface area contributed by atoms with E-state index < -0.39 is 22.7 Å². The van der Waals surface area contributed by atoms with Crippen molar-refractivity contribution in [3.63, 3.8) is 0 Å². The number of aliphatic hydroxyl groups is 3. The highest BCUT2D eigenvalue weighted by Gasteiger charge is 2.71. The van der Waals surface area contributed by atoms with E-state index in [0.29, 0.717) is 45.1 Å². The minimum atomic E-state index is -1.10. The summed E-state index contributed by atoms with van der Waals surface area (Å²) in [5.74, 6) is -0.556. The molecule has 1 aliphatic heterocycles. The largest absolute Gasteiger partial charge is 0.465 e. The highest BCUT2D eigenvalue weighted by Crippen LogP contribution is 2.70. The van der Waals surface area contributed by atoms with Crippen LogP contribution >= 0.6 is 0 Å². The van der Waals surface area contributed by atoms with Crippen molar-refractivity contribution in [1.29, 1.82) is 0 Å². The highest BCUT2D eigenvalue weighted by molar-refractivity contribution is 5.85. The first-order valence-electron chi connectivity index (χ1n) is 12.2. The average molecular weight is 449 g/mol.